The van der Waals surface area contributed by atoms with Crippen molar-refractivity contribution < 1.29 is 23.9 Å². The molecule has 6 nitrogen and oxygen atoms in total. The van der Waals surface area contributed by atoms with Gasteiger partial charge >= 0.3 is 11.9 Å². The smallest absolute Gasteiger partial charge is 0.321 e. The molecule has 1 saturated carbocycles. The minimum absolute atomic E-state index is 0.134. The van der Waals surface area contributed by atoms with Gasteiger partial charge in [0.25, 0.3) is 0 Å². The SMILES string of the molecule is CCOC(=O)CCN(C)C(=O)C1(C(=O)OCC)CCCC1. The Morgan fingerprint density at radius 3 is 2.14 bits per heavy atom. The number of ether oxygens (including phenoxy) is 2. The summed E-state index contributed by atoms with van der Waals surface area (Å²) in [5.41, 5.74) is -1.06. The minimum atomic E-state index is -1.06. The molecule has 0 heterocycles. The van der Waals surface area contributed by atoms with Crippen molar-refractivity contribution in [2.24, 2.45) is 5.41 Å². The summed E-state index contributed by atoms with van der Waals surface area (Å²) in [6.45, 7) is 4.30. The average Bonchev–Trinajstić information content (AvgIpc) is 2.95. The standard InChI is InChI=1S/C15H25NO5/c1-4-20-12(17)8-11-16(3)13(18)15(9-6-7-10-15)14(19)21-5-2/h4-11H2,1-3H3. The average molecular weight is 299 g/mol. The Hall–Kier alpha value is -1.59. The Kier molecular flexibility index (Phi) is 6.65. The van der Waals surface area contributed by atoms with Crippen molar-refractivity contribution in [3.63, 3.8) is 0 Å². The second kappa shape index (κ2) is 8.00. The molecule has 1 aliphatic rings. The van der Waals surface area contributed by atoms with E-state index in [4.69, 9.17) is 9.47 Å². The Bertz CT molecular complexity index is 388. The van der Waals surface area contributed by atoms with E-state index in [9.17, 15) is 14.4 Å². The highest BCUT2D eigenvalue weighted by molar-refractivity contribution is 6.03. The van der Waals surface area contributed by atoms with Crippen LogP contribution in [0.4, 0.5) is 0 Å². The number of carbonyl (C=O) groups excluding carboxylic acids is 3. The van der Waals surface area contributed by atoms with Gasteiger partial charge in [-0.1, -0.05) is 12.8 Å². The zero-order valence-corrected chi connectivity index (χ0v) is 13.1. The number of rotatable bonds is 7. The molecule has 1 fully saturated rings. The van der Waals surface area contributed by atoms with Gasteiger partial charge in [0.05, 0.1) is 19.6 Å². The molecule has 0 bridgehead atoms. The van der Waals surface area contributed by atoms with Gasteiger partial charge in [-0.25, -0.2) is 0 Å². The normalized spacial score (nSPS) is 16.3. The van der Waals surface area contributed by atoms with Crippen LogP contribution >= 0.6 is 0 Å². The Balaban J connectivity index is 2.68. The fourth-order valence-electron chi connectivity index (χ4n) is 2.71. The minimum Gasteiger partial charge on any atom is -0.466 e. The number of hydrogen-bond acceptors (Lipinski definition) is 5. The zero-order chi connectivity index (χ0) is 15.9. The van der Waals surface area contributed by atoms with Crippen molar-refractivity contribution in [2.45, 2.75) is 46.0 Å². The van der Waals surface area contributed by atoms with Crippen molar-refractivity contribution in [1.82, 2.24) is 4.90 Å². The molecule has 0 aromatic heterocycles. The van der Waals surface area contributed by atoms with E-state index in [0.29, 0.717) is 19.4 Å². The largest absolute Gasteiger partial charge is 0.466 e. The van der Waals surface area contributed by atoms with Gasteiger partial charge in [0.1, 0.15) is 5.41 Å². The molecule has 1 aliphatic carbocycles. The van der Waals surface area contributed by atoms with Gasteiger partial charge < -0.3 is 14.4 Å². The van der Waals surface area contributed by atoms with Gasteiger partial charge in [0, 0.05) is 13.6 Å². The maximum atomic E-state index is 12.6. The fourth-order valence-corrected chi connectivity index (χ4v) is 2.71. The van der Waals surface area contributed by atoms with Crippen LogP contribution in [0.2, 0.25) is 0 Å². The van der Waals surface area contributed by atoms with E-state index in [2.05, 4.69) is 0 Å². The molecule has 1 amide bonds. The molecule has 0 N–H and O–H groups in total. The van der Waals surface area contributed by atoms with E-state index in [1.807, 2.05) is 0 Å². The summed E-state index contributed by atoms with van der Waals surface area (Å²) in [7, 11) is 1.61. The van der Waals surface area contributed by atoms with Gasteiger partial charge in [0.2, 0.25) is 5.91 Å². The highest BCUT2D eigenvalue weighted by atomic mass is 16.5. The van der Waals surface area contributed by atoms with Gasteiger partial charge in [-0.2, -0.15) is 0 Å². The van der Waals surface area contributed by atoms with Gasteiger partial charge in [0.15, 0.2) is 0 Å². The van der Waals surface area contributed by atoms with Crippen LogP contribution in [-0.2, 0) is 23.9 Å². The van der Waals surface area contributed by atoms with Crippen LogP contribution in [0.25, 0.3) is 0 Å². The molecule has 0 spiro atoms. The molecule has 0 aliphatic heterocycles. The van der Waals surface area contributed by atoms with Crippen LogP contribution < -0.4 is 0 Å². The van der Waals surface area contributed by atoms with E-state index in [1.165, 1.54) is 4.90 Å². The van der Waals surface area contributed by atoms with Crippen LogP contribution in [0.3, 0.4) is 0 Å². The van der Waals surface area contributed by atoms with Crippen molar-refractivity contribution >= 4 is 17.8 Å². The third kappa shape index (κ3) is 4.19. The maximum absolute atomic E-state index is 12.6. The molecule has 0 aromatic carbocycles. The predicted molar refractivity (Wildman–Crippen MR) is 76.4 cm³/mol. The van der Waals surface area contributed by atoms with E-state index >= 15 is 0 Å². The Labute approximate surface area is 125 Å². The number of nitrogens with zero attached hydrogens (tertiary/aromatic N) is 1. The third-order valence-electron chi connectivity index (χ3n) is 3.84. The van der Waals surface area contributed by atoms with Gasteiger partial charge in [-0.3, -0.25) is 14.4 Å². The topological polar surface area (TPSA) is 72.9 Å². The summed E-state index contributed by atoms with van der Waals surface area (Å²) in [5.74, 6) is -1.02. The monoisotopic (exact) mass is 299 g/mol. The Morgan fingerprint density at radius 2 is 1.62 bits per heavy atom. The summed E-state index contributed by atoms with van der Waals surface area (Å²) in [6, 6.07) is 0. The predicted octanol–water partition coefficient (Wildman–Crippen LogP) is 1.52. The molecule has 1 rings (SSSR count). The number of esters is 2. The lowest BCUT2D eigenvalue weighted by molar-refractivity contribution is -0.164. The van der Waals surface area contributed by atoms with Crippen molar-refractivity contribution in [3.05, 3.63) is 0 Å². The fraction of sp³-hybridized carbons (Fsp3) is 0.800. The van der Waals surface area contributed by atoms with E-state index in [-0.39, 0.29) is 31.4 Å². The lowest BCUT2D eigenvalue weighted by Crippen LogP contribution is -2.47. The van der Waals surface area contributed by atoms with Crippen LogP contribution in [0, 0.1) is 5.41 Å². The quantitative estimate of drug-likeness (QED) is 0.526. The first kappa shape index (κ1) is 17.5. The molecular weight excluding hydrogens is 274 g/mol. The van der Waals surface area contributed by atoms with Crippen molar-refractivity contribution in [1.29, 1.82) is 0 Å². The third-order valence-corrected chi connectivity index (χ3v) is 3.84. The van der Waals surface area contributed by atoms with Gasteiger partial charge in [-0.15, -0.1) is 0 Å². The second-order valence-electron chi connectivity index (χ2n) is 5.29. The molecule has 21 heavy (non-hydrogen) atoms. The first-order chi connectivity index (χ1) is 9.97. The van der Waals surface area contributed by atoms with Crippen LogP contribution in [0.1, 0.15) is 46.0 Å². The van der Waals surface area contributed by atoms with Crippen LogP contribution in [-0.4, -0.2) is 49.6 Å². The Morgan fingerprint density at radius 1 is 1.05 bits per heavy atom. The van der Waals surface area contributed by atoms with Crippen LogP contribution in [0.15, 0.2) is 0 Å². The highest BCUT2D eigenvalue weighted by Gasteiger charge is 2.50. The molecule has 6 heteroatoms. The van der Waals surface area contributed by atoms with Gasteiger partial charge in [-0.05, 0) is 26.7 Å². The van der Waals surface area contributed by atoms with E-state index < -0.39 is 11.4 Å². The summed E-state index contributed by atoms with van der Waals surface area (Å²) in [5, 5.41) is 0. The highest BCUT2D eigenvalue weighted by Crippen LogP contribution is 2.40. The summed E-state index contributed by atoms with van der Waals surface area (Å²) < 4.78 is 9.93. The molecule has 0 unspecified atom stereocenters. The summed E-state index contributed by atoms with van der Waals surface area (Å²) in [6.07, 6.45) is 2.87. The molecule has 0 aromatic rings. The van der Waals surface area contributed by atoms with E-state index in [1.54, 1.807) is 20.9 Å². The first-order valence-electron chi connectivity index (χ1n) is 7.56. The zero-order valence-electron chi connectivity index (χ0n) is 13.1. The lowest BCUT2D eigenvalue weighted by atomic mass is 9.84. The molecular formula is C15H25NO5. The van der Waals surface area contributed by atoms with Crippen molar-refractivity contribution in [2.75, 3.05) is 26.8 Å². The van der Waals surface area contributed by atoms with Crippen LogP contribution in [0.5, 0.6) is 0 Å². The number of carbonyl (C=O) groups is 3. The molecule has 120 valence electrons. The second-order valence-corrected chi connectivity index (χ2v) is 5.29. The number of hydrogen-bond donors (Lipinski definition) is 0. The molecule has 0 saturated heterocycles. The first-order valence-corrected chi connectivity index (χ1v) is 7.56. The lowest BCUT2D eigenvalue weighted by Gasteiger charge is -2.30. The molecule has 0 atom stereocenters. The number of amides is 1. The molecule has 0 radical (unpaired) electrons. The van der Waals surface area contributed by atoms with Crippen molar-refractivity contribution in [3.8, 4) is 0 Å². The van der Waals surface area contributed by atoms with E-state index in [0.717, 1.165) is 12.8 Å². The summed E-state index contributed by atoms with van der Waals surface area (Å²) in [4.78, 5) is 37.6. The maximum Gasteiger partial charge on any atom is 0.321 e. The summed E-state index contributed by atoms with van der Waals surface area (Å²) >= 11 is 0.